The number of aromatic carboxylic acids is 1. The molecule has 3 aromatic heterocycles. The molecule has 9 heteroatoms. The molecular weight excluding hydrogens is 416 g/mol. The Hall–Kier alpha value is -3.07. The van der Waals surface area contributed by atoms with Crippen molar-refractivity contribution in [2.24, 2.45) is 0 Å². The summed E-state index contributed by atoms with van der Waals surface area (Å²) in [5.74, 6) is -1.14. The van der Waals surface area contributed by atoms with Crippen LogP contribution in [0.1, 0.15) is 68.2 Å². The van der Waals surface area contributed by atoms with Crippen LogP contribution in [0.2, 0.25) is 0 Å². The van der Waals surface area contributed by atoms with Crippen molar-refractivity contribution in [1.29, 1.82) is 0 Å². The molecule has 0 saturated heterocycles. The number of aryl methyl sites for hydroxylation is 4. The molecular formula is C22H22N4O4S. The number of carboxylic acid groups (broad SMARTS) is 1. The molecule has 31 heavy (non-hydrogen) atoms. The maximum Gasteiger partial charge on any atom is 0.346 e. The summed E-state index contributed by atoms with van der Waals surface area (Å²) in [7, 11) is 0. The smallest absolute Gasteiger partial charge is 0.346 e. The van der Waals surface area contributed by atoms with Crippen LogP contribution in [0.5, 0.6) is 0 Å². The molecule has 160 valence electrons. The lowest BCUT2D eigenvalue weighted by Crippen LogP contribution is -2.45. The van der Waals surface area contributed by atoms with Gasteiger partial charge in [0, 0.05) is 10.9 Å². The van der Waals surface area contributed by atoms with E-state index in [1.807, 2.05) is 13.0 Å². The minimum atomic E-state index is -0.974. The SMILES string of the molecule is Cc1cc(CCc2ncnc3sc(C(=O)O)c(C)c23)c(=O)n2c1C(=O)NC21CCCC1. The molecule has 1 aliphatic heterocycles. The van der Waals surface area contributed by atoms with Gasteiger partial charge >= 0.3 is 5.97 Å². The Morgan fingerprint density at radius 3 is 2.68 bits per heavy atom. The summed E-state index contributed by atoms with van der Waals surface area (Å²) in [4.78, 5) is 47.1. The Kier molecular flexibility index (Phi) is 4.47. The van der Waals surface area contributed by atoms with Crippen molar-refractivity contribution in [2.45, 2.75) is 58.0 Å². The van der Waals surface area contributed by atoms with E-state index in [9.17, 15) is 19.5 Å². The molecule has 0 aromatic carbocycles. The van der Waals surface area contributed by atoms with E-state index < -0.39 is 11.6 Å². The molecule has 5 rings (SSSR count). The zero-order chi connectivity index (χ0) is 21.9. The summed E-state index contributed by atoms with van der Waals surface area (Å²) < 4.78 is 1.70. The van der Waals surface area contributed by atoms with Crippen LogP contribution < -0.4 is 10.9 Å². The summed E-state index contributed by atoms with van der Waals surface area (Å²) in [6.07, 6.45) is 5.89. The molecule has 1 spiro atoms. The fraction of sp³-hybridized carbons (Fsp3) is 0.409. The molecule has 1 amide bonds. The van der Waals surface area contributed by atoms with Gasteiger partial charge in [-0.1, -0.05) is 0 Å². The van der Waals surface area contributed by atoms with Crippen molar-refractivity contribution in [2.75, 3.05) is 0 Å². The van der Waals surface area contributed by atoms with Crippen molar-refractivity contribution in [3.05, 3.63) is 55.7 Å². The van der Waals surface area contributed by atoms with E-state index in [-0.39, 0.29) is 16.3 Å². The average Bonchev–Trinajstić information content (AvgIpc) is 3.41. The number of hydrogen-bond donors (Lipinski definition) is 2. The first-order valence-electron chi connectivity index (χ1n) is 10.4. The van der Waals surface area contributed by atoms with E-state index in [1.54, 1.807) is 11.5 Å². The van der Waals surface area contributed by atoms with Crippen molar-refractivity contribution in [3.63, 3.8) is 0 Å². The van der Waals surface area contributed by atoms with Crippen LogP contribution in [-0.2, 0) is 18.5 Å². The predicted molar refractivity (Wildman–Crippen MR) is 116 cm³/mol. The van der Waals surface area contributed by atoms with Gasteiger partial charge in [0.2, 0.25) is 0 Å². The van der Waals surface area contributed by atoms with Crippen LogP contribution in [0, 0.1) is 13.8 Å². The van der Waals surface area contributed by atoms with Gasteiger partial charge in [0.15, 0.2) is 0 Å². The normalized spacial score (nSPS) is 16.8. The molecule has 2 N–H and O–H groups in total. The number of pyridine rings is 1. The van der Waals surface area contributed by atoms with Crippen LogP contribution in [0.4, 0.5) is 0 Å². The minimum absolute atomic E-state index is 0.126. The number of fused-ring (bicyclic) bond motifs is 3. The van der Waals surface area contributed by atoms with Gasteiger partial charge in [0.05, 0.1) is 5.69 Å². The first-order chi connectivity index (χ1) is 14.8. The number of thiophene rings is 1. The van der Waals surface area contributed by atoms with Gasteiger partial charge < -0.3 is 10.4 Å². The zero-order valence-electron chi connectivity index (χ0n) is 17.3. The highest BCUT2D eigenvalue weighted by atomic mass is 32.1. The molecule has 1 aliphatic carbocycles. The molecule has 4 heterocycles. The average molecular weight is 439 g/mol. The molecule has 2 aliphatic rings. The number of amides is 1. The number of nitrogens with one attached hydrogen (secondary N) is 1. The fourth-order valence-corrected chi connectivity index (χ4v) is 6.12. The van der Waals surface area contributed by atoms with E-state index in [2.05, 4.69) is 15.3 Å². The number of carbonyl (C=O) groups is 2. The molecule has 0 atom stereocenters. The van der Waals surface area contributed by atoms with E-state index in [0.717, 1.165) is 53.7 Å². The van der Waals surface area contributed by atoms with E-state index in [1.165, 1.54) is 6.33 Å². The monoisotopic (exact) mass is 438 g/mol. The minimum Gasteiger partial charge on any atom is -0.477 e. The molecule has 1 saturated carbocycles. The maximum absolute atomic E-state index is 13.4. The number of nitrogens with zero attached hydrogens (tertiary/aromatic N) is 3. The summed E-state index contributed by atoms with van der Waals surface area (Å²) in [6, 6.07) is 1.81. The number of aromatic nitrogens is 3. The Balaban J connectivity index is 1.55. The van der Waals surface area contributed by atoms with E-state index in [4.69, 9.17) is 0 Å². The third kappa shape index (κ3) is 2.90. The highest BCUT2D eigenvalue weighted by molar-refractivity contribution is 7.20. The zero-order valence-corrected chi connectivity index (χ0v) is 18.1. The fourth-order valence-electron chi connectivity index (χ4n) is 5.11. The third-order valence-electron chi connectivity index (χ3n) is 6.52. The van der Waals surface area contributed by atoms with Crippen molar-refractivity contribution in [3.8, 4) is 0 Å². The molecule has 1 fully saturated rings. The third-order valence-corrected chi connectivity index (χ3v) is 7.70. The van der Waals surface area contributed by atoms with Gasteiger partial charge in [-0.15, -0.1) is 11.3 Å². The van der Waals surface area contributed by atoms with Crippen LogP contribution in [-0.4, -0.2) is 31.5 Å². The lowest BCUT2D eigenvalue weighted by Gasteiger charge is -2.26. The lowest BCUT2D eigenvalue weighted by atomic mass is 10.0. The van der Waals surface area contributed by atoms with Gasteiger partial charge in [-0.3, -0.25) is 14.2 Å². The second kappa shape index (κ2) is 6.98. The van der Waals surface area contributed by atoms with Crippen LogP contribution in [0.3, 0.4) is 0 Å². The van der Waals surface area contributed by atoms with E-state index >= 15 is 0 Å². The lowest BCUT2D eigenvalue weighted by molar-refractivity contribution is 0.0701. The quantitative estimate of drug-likeness (QED) is 0.647. The number of carbonyl (C=O) groups excluding carboxylic acids is 1. The first kappa shape index (κ1) is 19.9. The van der Waals surface area contributed by atoms with Gasteiger partial charge in [0.1, 0.15) is 27.4 Å². The molecule has 0 unspecified atom stereocenters. The Morgan fingerprint density at radius 1 is 1.23 bits per heavy atom. The van der Waals surface area contributed by atoms with Gasteiger partial charge in [0.25, 0.3) is 11.5 Å². The van der Waals surface area contributed by atoms with Crippen molar-refractivity contribution in [1.82, 2.24) is 19.9 Å². The highest BCUT2D eigenvalue weighted by Crippen LogP contribution is 2.38. The summed E-state index contributed by atoms with van der Waals surface area (Å²) in [5.41, 5.74) is 2.58. The topological polar surface area (TPSA) is 114 Å². The second-order valence-corrected chi connectivity index (χ2v) is 9.40. The van der Waals surface area contributed by atoms with Crippen LogP contribution in [0.25, 0.3) is 10.2 Å². The van der Waals surface area contributed by atoms with Gasteiger partial charge in [-0.25, -0.2) is 14.8 Å². The molecule has 3 aromatic rings. The van der Waals surface area contributed by atoms with Crippen molar-refractivity contribution < 1.29 is 14.7 Å². The van der Waals surface area contributed by atoms with Crippen LogP contribution >= 0.6 is 11.3 Å². The highest BCUT2D eigenvalue weighted by Gasteiger charge is 2.46. The Morgan fingerprint density at radius 2 is 1.97 bits per heavy atom. The number of rotatable bonds is 4. The number of carboxylic acids is 1. The summed E-state index contributed by atoms with van der Waals surface area (Å²) in [5, 5.41) is 13.3. The second-order valence-electron chi connectivity index (χ2n) is 8.40. The predicted octanol–water partition coefficient (Wildman–Crippen LogP) is 2.92. The number of hydrogen-bond acceptors (Lipinski definition) is 6. The van der Waals surface area contributed by atoms with E-state index in [0.29, 0.717) is 34.5 Å². The summed E-state index contributed by atoms with van der Waals surface area (Å²) in [6.45, 7) is 3.64. The molecule has 8 nitrogen and oxygen atoms in total. The van der Waals surface area contributed by atoms with Crippen molar-refractivity contribution >= 4 is 33.4 Å². The standard InChI is InChI=1S/C22H22N4O4S/c1-11-9-13(20(28)26-16(11)18(27)25-22(26)7-3-4-8-22)5-6-14-15-12(2)17(21(29)30)31-19(15)24-10-23-14/h9-10H,3-8H2,1-2H3,(H,25,27)(H,29,30). The summed E-state index contributed by atoms with van der Waals surface area (Å²) >= 11 is 1.14. The Bertz CT molecular complexity index is 1320. The van der Waals surface area contributed by atoms with Crippen LogP contribution in [0.15, 0.2) is 17.2 Å². The molecule has 0 radical (unpaired) electrons. The van der Waals surface area contributed by atoms with Gasteiger partial charge in [-0.05, 0) is 69.6 Å². The van der Waals surface area contributed by atoms with Gasteiger partial charge in [-0.2, -0.15) is 0 Å². The Labute approximate surface area is 182 Å². The largest absolute Gasteiger partial charge is 0.477 e. The molecule has 0 bridgehead atoms. The first-order valence-corrected chi connectivity index (χ1v) is 11.2. The maximum atomic E-state index is 13.4.